The molecule has 0 amide bonds. The number of hydrogen-bond acceptors (Lipinski definition) is 3. The van der Waals surface area contributed by atoms with E-state index >= 15 is 0 Å². The van der Waals surface area contributed by atoms with Gasteiger partial charge in [0.15, 0.2) is 15.6 Å². The molecule has 1 fully saturated rings. The third kappa shape index (κ3) is 2.75. The van der Waals surface area contributed by atoms with Gasteiger partial charge < -0.3 is 0 Å². The zero-order valence-corrected chi connectivity index (χ0v) is 10.6. The van der Waals surface area contributed by atoms with Crippen molar-refractivity contribution >= 4 is 15.6 Å². The third-order valence-electron chi connectivity index (χ3n) is 3.45. The Kier molecular flexibility index (Phi) is 3.33. The smallest absolute Gasteiger partial charge is 0.165 e. The molecule has 0 N–H and O–H groups in total. The van der Waals surface area contributed by atoms with Gasteiger partial charge in [-0.3, -0.25) is 4.79 Å². The Bertz CT molecular complexity index is 505. The monoisotopic (exact) mass is 252 g/mol. The number of ketones is 1. The first-order valence-electron chi connectivity index (χ1n) is 5.79. The lowest BCUT2D eigenvalue weighted by Crippen LogP contribution is -2.22. The zero-order valence-electron chi connectivity index (χ0n) is 9.80. The lowest BCUT2D eigenvalue weighted by Gasteiger charge is -2.16. The summed E-state index contributed by atoms with van der Waals surface area (Å²) in [5.41, 5.74) is 0.671. The van der Waals surface area contributed by atoms with Crippen LogP contribution in [0.5, 0.6) is 0 Å². The van der Waals surface area contributed by atoms with E-state index in [0.29, 0.717) is 12.0 Å². The van der Waals surface area contributed by atoms with Gasteiger partial charge in [0.05, 0.1) is 11.5 Å². The maximum Gasteiger partial charge on any atom is 0.165 e. The number of sulfone groups is 1. The minimum Gasteiger partial charge on any atom is -0.294 e. The fourth-order valence-electron chi connectivity index (χ4n) is 2.30. The Morgan fingerprint density at radius 2 is 1.94 bits per heavy atom. The molecule has 1 aromatic rings. The second-order valence-electron chi connectivity index (χ2n) is 4.68. The first-order chi connectivity index (χ1) is 7.99. The number of Topliss-reactive ketones (excluding diaryl/α,β-unsaturated/α-hetero) is 1. The van der Waals surface area contributed by atoms with Gasteiger partial charge in [-0.25, -0.2) is 8.42 Å². The minimum atomic E-state index is -2.91. The fraction of sp³-hybridized carbons (Fsp3) is 0.462. The van der Waals surface area contributed by atoms with Crippen molar-refractivity contribution in [3.63, 3.8) is 0 Å². The average molecular weight is 252 g/mol. The number of carbonyl (C=O) groups is 1. The summed E-state index contributed by atoms with van der Waals surface area (Å²) >= 11 is 0. The van der Waals surface area contributed by atoms with Crippen LogP contribution >= 0.6 is 0 Å². The first kappa shape index (κ1) is 12.3. The molecule has 3 nitrogen and oxygen atoms in total. The molecule has 2 unspecified atom stereocenters. The topological polar surface area (TPSA) is 51.2 Å². The van der Waals surface area contributed by atoms with Gasteiger partial charge in [-0.2, -0.15) is 0 Å². The number of benzene rings is 1. The predicted octanol–water partition coefficient (Wildman–Crippen LogP) is 1.94. The second-order valence-corrected chi connectivity index (χ2v) is 6.91. The largest absolute Gasteiger partial charge is 0.294 e. The molecule has 2 rings (SSSR count). The molecule has 4 heteroatoms. The normalized spacial score (nSPS) is 24.4. The van der Waals surface area contributed by atoms with E-state index in [-0.39, 0.29) is 29.1 Å². The molecule has 0 radical (unpaired) electrons. The lowest BCUT2D eigenvalue weighted by molar-refractivity contribution is 0.0895. The van der Waals surface area contributed by atoms with Crippen molar-refractivity contribution in [1.82, 2.24) is 0 Å². The number of hydrogen-bond donors (Lipinski definition) is 0. The molecule has 92 valence electrons. The first-order valence-corrected chi connectivity index (χ1v) is 7.61. The average Bonchev–Trinajstić information content (AvgIpc) is 2.69. The molecule has 0 aliphatic carbocycles. The molecular formula is C13H16O3S. The summed E-state index contributed by atoms with van der Waals surface area (Å²) in [5, 5.41) is 0. The van der Waals surface area contributed by atoms with E-state index in [2.05, 4.69) is 0 Å². The number of carbonyl (C=O) groups excluding carboxylic acids is 1. The maximum atomic E-state index is 12.1. The van der Waals surface area contributed by atoms with Gasteiger partial charge in [0.25, 0.3) is 0 Å². The Morgan fingerprint density at radius 1 is 1.29 bits per heavy atom. The molecule has 1 aliphatic heterocycles. The zero-order chi connectivity index (χ0) is 12.5. The Morgan fingerprint density at radius 3 is 2.47 bits per heavy atom. The highest BCUT2D eigenvalue weighted by Crippen LogP contribution is 2.28. The van der Waals surface area contributed by atoms with E-state index in [4.69, 9.17) is 0 Å². The van der Waals surface area contributed by atoms with Crippen LogP contribution in [0, 0.1) is 11.8 Å². The quantitative estimate of drug-likeness (QED) is 0.772. The molecule has 1 aliphatic rings. The molecule has 0 bridgehead atoms. The van der Waals surface area contributed by atoms with Gasteiger partial charge in [0.1, 0.15) is 0 Å². The lowest BCUT2D eigenvalue weighted by atomic mass is 9.87. The van der Waals surface area contributed by atoms with Gasteiger partial charge in [-0.05, 0) is 12.3 Å². The van der Waals surface area contributed by atoms with Gasteiger partial charge >= 0.3 is 0 Å². The van der Waals surface area contributed by atoms with Crippen LogP contribution in [0.3, 0.4) is 0 Å². The van der Waals surface area contributed by atoms with E-state index in [1.807, 2.05) is 25.1 Å². The highest BCUT2D eigenvalue weighted by Gasteiger charge is 2.34. The predicted molar refractivity (Wildman–Crippen MR) is 66.7 cm³/mol. The van der Waals surface area contributed by atoms with E-state index < -0.39 is 9.84 Å². The van der Waals surface area contributed by atoms with Crippen LogP contribution in [0.1, 0.15) is 23.7 Å². The van der Waals surface area contributed by atoms with Crippen LogP contribution in [0.4, 0.5) is 0 Å². The van der Waals surface area contributed by atoms with Crippen LogP contribution in [-0.4, -0.2) is 25.7 Å². The third-order valence-corrected chi connectivity index (χ3v) is 5.24. The molecule has 1 saturated heterocycles. The Hall–Kier alpha value is -1.16. The summed E-state index contributed by atoms with van der Waals surface area (Å²) in [7, 11) is -2.91. The second kappa shape index (κ2) is 4.61. The van der Waals surface area contributed by atoms with Crippen LogP contribution < -0.4 is 0 Å². The maximum absolute atomic E-state index is 12.1. The summed E-state index contributed by atoms with van der Waals surface area (Å²) < 4.78 is 22.8. The van der Waals surface area contributed by atoms with Gasteiger partial charge in [-0.15, -0.1) is 0 Å². The number of rotatable bonds is 3. The molecule has 1 heterocycles. The fourth-order valence-corrected chi connectivity index (χ4v) is 4.23. The molecule has 1 aromatic carbocycles. The van der Waals surface area contributed by atoms with Gasteiger partial charge in [-0.1, -0.05) is 37.3 Å². The highest BCUT2D eigenvalue weighted by atomic mass is 32.2. The van der Waals surface area contributed by atoms with Gasteiger partial charge in [0, 0.05) is 11.5 Å². The van der Waals surface area contributed by atoms with Crippen molar-refractivity contribution in [3.8, 4) is 0 Å². The van der Waals surface area contributed by atoms with Crippen molar-refractivity contribution in [2.45, 2.75) is 13.3 Å². The summed E-state index contributed by atoms with van der Waals surface area (Å²) in [6, 6.07) is 9.07. The van der Waals surface area contributed by atoms with Crippen molar-refractivity contribution in [3.05, 3.63) is 35.9 Å². The summed E-state index contributed by atoms with van der Waals surface area (Å²) in [6.45, 7) is 1.83. The highest BCUT2D eigenvalue weighted by molar-refractivity contribution is 7.91. The molecule has 0 aromatic heterocycles. The van der Waals surface area contributed by atoms with Crippen molar-refractivity contribution in [2.75, 3.05) is 11.5 Å². The minimum absolute atomic E-state index is 0.0206. The van der Waals surface area contributed by atoms with Gasteiger partial charge in [0.2, 0.25) is 0 Å². The van der Waals surface area contributed by atoms with Crippen LogP contribution in [0.25, 0.3) is 0 Å². The summed E-state index contributed by atoms with van der Waals surface area (Å²) in [5.74, 6) is 0.201. The van der Waals surface area contributed by atoms with E-state index in [0.717, 1.165) is 0 Å². The molecule has 2 atom stereocenters. The van der Waals surface area contributed by atoms with Crippen LogP contribution in [-0.2, 0) is 9.84 Å². The Labute approximate surface area is 102 Å². The van der Waals surface area contributed by atoms with Crippen molar-refractivity contribution in [1.29, 1.82) is 0 Å². The molecule has 0 saturated carbocycles. The van der Waals surface area contributed by atoms with Crippen LogP contribution in [0.2, 0.25) is 0 Å². The van der Waals surface area contributed by atoms with Crippen molar-refractivity contribution < 1.29 is 13.2 Å². The Balaban J connectivity index is 2.11. The van der Waals surface area contributed by atoms with E-state index in [9.17, 15) is 13.2 Å². The van der Waals surface area contributed by atoms with E-state index in [1.54, 1.807) is 12.1 Å². The van der Waals surface area contributed by atoms with Crippen LogP contribution in [0.15, 0.2) is 30.3 Å². The summed E-state index contributed by atoms with van der Waals surface area (Å²) in [6.07, 6.45) is 0.613. The molecule has 0 spiro atoms. The standard InChI is InChI=1S/C13H16O3S/c1-10(12-7-8-17(15,16)9-12)13(14)11-5-3-2-4-6-11/h2-6,10,12H,7-9H2,1H3. The SMILES string of the molecule is CC(C(=O)c1ccccc1)C1CCS(=O)(=O)C1. The van der Waals surface area contributed by atoms with Crippen molar-refractivity contribution in [2.24, 2.45) is 11.8 Å². The van der Waals surface area contributed by atoms with E-state index in [1.165, 1.54) is 0 Å². The molecule has 17 heavy (non-hydrogen) atoms. The molecular weight excluding hydrogens is 236 g/mol. The summed E-state index contributed by atoms with van der Waals surface area (Å²) in [4.78, 5) is 12.1.